The van der Waals surface area contributed by atoms with E-state index in [1.54, 1.807) is 16.8 Å². The van der Waals surface area contributed by atoms with Gasteiger partial charge in [0.2, 0.25) is 0 Å². The molecule has 0 atom stereocenters. The molecule has 0 spiro atoms. The summed E-state index contributed by atoms with van der Waals surface area (Å²) >= 11 is 0. The number of hydrogen-bond acceptors (Lipinski definition) is 5. The molecular formula is C33H37F3N2O4. The summed E-state index contributed by atoms with van der Waals surface area (Å²) in [7, 11) is 1.30. The van der Waals surface area contributed by atoms with Gasteiger partial charge in [-0.3, -0.25) is 9.69 Å². The van der Waals surface area contributed by atoms with Gasteiger partial charge in [0.1, 0.15) is 11.6 Å². The van der Waals surface area contributed by atoms with E-state index < -0.39 is 23.4 Å². The maximum absolute atomic E-state index is 16.3. The lowest BCUT2D eigenvalue weighted by molar-refractivity contribution is 0.0598. The van der Waals surface area contributed by atoms with Gasteiger partial charge in [0.15, 0.2) is 11.6 Å². The van der Waals surface area contributed by atoms with E-state index >= 15 is 4.39 Å². The van der Waals surface area contributed by atoms with Gasteiger partial charge in [0.25, 0.3) is 5.56 Å². The number of aromatic nitrogens is 1. The third-order valence-electron chi connectivity index (χ3n) is 8.22. The molecule has 0 radical (unpaired) electrons. The van der Waals surface area contributed by atoms with Crippen molar-refractivity contribution in [3.05, 3.63) is 86.6 Å². The van der Waals surface area contributed by atoms with Crippen molar-refractivity contribution in [3.63, 3.8) is 0 Å². The van der Waals surface area contributed by atoms with Crippen LogP contribution in [0.4, 0.5) is 13.2 Å². The molecule has 1 saturated carbocycles. The van der Waals surface area contributed by atoms with E-state index in [1.807, 2.05) is 26.8 Å². The predicted octanol–water partition coefficient (Wildman–Crippen LogP) is 6.78. The van der Waals surface area contributed by atoms with Gasteiger partial charge in [-0.1, -0.05) is 6.92 Å². The summed E-state index contributed by atoms with van der Waals surface area (Å²) in [6.45, 7) is 7.26. The van der Waals surface area contributed by atoms with Crippen molar-refractivity contribution in [2.24, 2.45) is 0 Å². The van der Waals surface area contributed by atoms with E-state index in [-0.39, 0.29) is 40.5 Å². The summed E-state index contributed by atoms with van der Waals surface area (Å²) in [5.74, 6) is -2.44. The largest absolute Gasteiger partial charge is 0.488 e. The van der Waals surface area contributed by atoms with Crippen LogP contribution in [0.5, 0.6) is 5.75 Å². The monoisotopic (exact) mass is 582 g/mol. The Bertz CT molecular complexity index is 1540. The predicted molar refractivity (Wildman–Crippen MR) is 154 cm³/mol. The summed E-state index contributed by atoms with van der Waals surface area (Å²) in [5, 5.41) is 0. The molecule has 0 amide bonds. The first-order valence-electron chi connectivity index (χ1n) is 14.6. The van der Waals surface area contributed by atoms with Gasteiger partial charge in [-0.05, 0) is 81.7 Å². The van der Waals surface area contributed by atoms with Crippen molar-refractivity contribution in [1.29, 1.82) is 0 Å². The van der Waals surface area contributed by atoms with Crippen LogP contribution in [0.1, 0.15) is 85.5 Å². The normalized spacial score (nSPS) is 16.2. The highest BCUT2D eigenvalue weighted by Crippen LogP contribution is 2.49. The first kappa shape index (κ1) is 29.9. The number of methoxy groups -OCH3 is 1. The average molecular weight is 583 g/mol. The van der Waals surface area contributed by atoms with E-state index in [4.69, 9.17) is 9.47 Å². The molecule has 1 aromatic heterocycles. The Hall–Kier alpha value is -3.59. The minimum absolute atomic E-state index is 0.0280. The third kappa shape index (κ3) is 5.98. The van der Waals surface area contributed by atoms with E-state index in [0.29, 0.717) is 55.6 Å². The van der Waals surface area contributed by atoms with Crippen LogP contribution in [0.15, 0.2) is 41.3 Å². The number of carbonyl (C=O) groups is 1. The maximum Gasteiger partial charge on any atom is 0.338 e. The van der Waals surface area contributed by atoms with Crippen molar-refractivity contribution in [2.45, 2.75) is 77.5 Å². The van der Waals surface area contributed by atoms with Crippen LogP contribution in [0.25, 0.3) is 11.1 Å². The molecule has 3 aromatic rings. The number of benzene rings is 2. The number of ether oxygens (including phenoxy) is 2. The minimum Gasteiger partial charge on any atom is -0.488 e. The Morgan fingerprint density at radius 3 is 2.36 bits per heavy atom. The van der Waals surface area contributed by atoms with Crippen molar-refractivity contribution < 1.29 is 27.4 Å². The zero-order chi connectivity index (χ0) is 30.1. The zero-order valence-corrected chi connectivity index (χ0v) is 24.5. The number of hydrogen-bond donors (Lipinski definition) is 0. The average Bonchev–Trinajstić information content (AvgIpc) is 3.81. The molecule has 2 aliphatic rings. The number of rotatable bonds is 9. The van der Waals surface area contributed by atoms with Gasteiger partial charge in [-0.15, -0.1) is 0 Å². The van der Waals surface area contributed by atoms with Crippen LogP contribution >= 0.6 is 0 Å². The number of likely N-dealkylation sites (tertiary alicyclic amines) is 1. The van der Waals surface area contributed by atoms with Crippen molar-refractivity contribution in [1.82, 2.24) is 9.47 Å². The Morgan fingerprint density at radius 1 is 1.05 bits per heavy atom. The number of nitrogens with zero attached hydrogens (tertiary/aromatic N) is 2. The topological polar surface area (TPSA) is 60.8 Å². The van der Waals surface area contributed by atoms with Gasteiger partial charge >= 0.3 is 5.97 Å². The minimum atomic E-state index is -0.804. The summed E-state index contributed by atoms with van der Waals surface area (Å²) in [6, 6.07) is 6.79. The van der Waals surface area contributed by atoms with E-state index in [0.717, 1.165) is 30.5 Å². The third-order valence-corrected chi connectivity index (χ3v) is 8.22. The Balaban J connectivity index is 1.42. The molecule has 2 heterocycles. The van der Waals surface area contributed by atoms with E-state index in [1.165, 1.54) is 13.2 Å². The Labute approximate surface area is 244 Å². The highest BCUT2D eigenvalue weighted by Gasteiger charge is 2.33. The fourth-order valence-electron chi connectivity index (χ4n) is 5.99. The van der Waals surface area contributed by atoms with Crippen LogP contribution in [0.2, 0.25) is 0 Å². The molecule has 5 rings (SSSR count). The zero-order valence-electron chi connectivity index (χ0n) is 24.5. The second-order valence-electron chi connectivity index (χ2n) is 11.5. The Kier molecular flexibility index (Phi) is 8.78. The summed E-state index contributed by atoms with van der Waals surface area (Å²) in [6.07, 6.45) is 4.97. The highest BCUT2D eigenvalue weighted by atomic mass is 19.1. The van der Waals surface area contributed by atoms with Gasteiger partial charge in [-0.25, -0.2) is 18.0 Å². The molecule has 1 aliphatic heterocycles. The number of piperidine rings is 1. The van der Waals surface area contributed by atoms with Crippen molar-refractivity contribution >= 4 is 5.97 Å². The number of carbonyl (C=O) groups excluding carboxylic acids is 1. The molecule has 42 heavy (non-hydrogen) atoms. The first-order chi connectivity index (χ1) is 20.1. The van der Waals surface area contributed by atoms with Gasteiger partial charge in [-0.2, -0.15) is 0 Å². The lowest BCUT2D eigenvalue weighted by Gasteiger charge is -2.34. The Morgan fingerprint density at radius 2 is 1.76 bits per heavy atom. The maximum atomic E-state index is 16.3. The molecule has 2 fully saturated rings. The lowest BCUT2D eigenvalue weighted by atomic mass is 9.92. The van der Waals surface area contributed by atoms with Gasteiger partial charge < -0.3 is 14.0 Å². The standard InChI is InChI=1S/C33H37F3N2O4/c1-5-24-25(33(40)41-4)12-15-38(32(24)39)23-10-13-37(14-11-23)18-21-16-27(20-6-7-20)29(30(36)31(21)42-19(2)3)26-9-8-22(34)17-28(26)35/h8-9,12,15-17,19-20,23H,5-7,10-11,13-14,18H2,1-4H3. The van der Waals surface area contributed by atoms with Crippen LogP contribution < -0.4 is 10.3 Å². The summed E-state index contributed by atoms with van der Waals surface area (Å²) in [4.78, 5) is 27.6. The molecular weight excluding hydrogens is 545 g/mol. The van der Waals surface area contributed by atoms with Crippen LogP contribution in [-0.4, -0.2) is 41.7 Å². The molecule has 2 aromatic carbocycles. The fraction of sp³-hybridized carbons (Fsp3) is 0.455. The van der Waals surface area contributed by atoms with Gasteiger partial charge in [0.05, 0.1) is 18.8 Å². The summed E-state index contributed by atoms with van der Waals surface area (Å²) in [5.41, 5.74) is 2.17. The second kappa shape index (κ2) is 12.3. The van der Waals surface area contributed by atoms with Crippen molar-refractivity contribution in [3.8, 4) is 16.9 Å². The summed E-state index contributed by atoms with van der Waals surface area (Å²) < 4.78 is 57.4. The highest BCUT2D eigenvalue weighted by molar-refractivity contribution is 5.90. The smallest absolute Gasteiger partial charge is 0.338 e. The van der Waals surface area contributed by atoms with E-state index in [9.17, 15) is 18.4 Å². The molecule has 224 valence electrons. The van der Waals surface area contributed by atoms with Crippen molar-refractivity contribution in [2.75, 3.05) is 20.2 Å². The quantitative estimate of drug-likeness (QED) is 0.260. The SMILES string of the molecule is CCc1c(C(=O)OC)ccn(C2CCN(Cc3cc(C4CC4)c(-c4ccc(F)cc4F)c(F)c3OC(C)C)CC2)c1=O. The van der Waals surface area contributed by atoms with Crippen LogP contribution in [0.3, 0.4) is 0 Å². The molecule has 0 unspecified atom stereocenters. The molecule has 1 saturated heterocycles. The van der Waals surface area contributed by atoms with Gasteiger partial charge in [0, 0.05) is 60.2 Å². The molecule has 6 nitrogen and oxygen atoms in total. The molecule has 9 heteroatoms. The van der Waals surface area contributed by atoms with E-state index in [2.05, 4.69) is 4.90 Å². The number of esters is 1. The second-order valence-corrected chi connectivity index (χ2v) is 11.5. The number of halogens is 3. The molecule has 1 aliphatic carbocycles. The first-order valence-corrected chi connectivity index (χ1v) is 14.6. The molecule has 0 bridgehead atoms. The fourth-order valence-corrected chi connectivity index (χ4v) is 5.99. The lowest BCUT2D eigenvalue weighted by Crippen LogP contribution is -2.38. The van der Waals surface area contributed by atoms with Crippen LogP contribution in [0, 0.1) is 17.5 Å². The number of pyridine rings is 1. The van der Waals surface area contributed by atoms with Crippen LogP contribution in [-0.2, 0) is 17.7 Å². The molecule has 0 N–H and O–H groups in total.